The lowest BCUT2D eigenvalue weighted by atomic mass is 10.2. The van der Waals surface area contributed by atoms with Gasteiger partial charge in [-0.1, -0.05) is 19.2 Å². The summed E-state index contributed by atoms with van der Waals surface area (Å²) in [5.74, 6) is 0.282. The summed E-state index contributed by atoms with van der Waals surface area (Å²) in [6.07, 6.45) is 0. The first kappa shape index (κ1) is 26.8. The first-order chi connectivity index (χ1) is 16.2. The molecule has 6 saturated heterocycles. The molecule has 16 heteroatoms. The average Bonchev–Trinajstić information content (AvgIpc) is 3.27. The number of thioether (sulfide) groups is 3. The van der Waals surface area contributed by atoms with Crippen LogP contribution in [0.5, 0.6) is 0 Å². The van der Waals surface area contributed by atoms with Crippen molar-refractivity contribution in [1.29, 1.82) is 0 Å². The molecule has 35 heavy (non-hydrogen) atoms. The van der Waals surface area contributed by atoms with Crippen molar-refractivity contribution in [1.82, 2.24) is 35.6 Å². The minimum Gasteiger partial charge on any atom is -0.480 e. The third kappa shape index (κ3) is 3.75. The number of hydrogen-bond acceptors (Lipinski definition) is 12. The van der Waals surface area contributed by atoms with Crippen LogP contribution in [0.15, 0.2) is 0 Å². The van der Waals surface area contributed by atoms with E-state index in [4.69, 9.17) is 10.2 Å². The maximum absolute atomic E-state index is 12.1. The first-order valence-electron chi connectivity index (χ1n) is 10.8. The summed E-state index contributed by atoms with van der Waals surface area (Å²) in [6, 6.07) is -1.35. The molecule has 6 rings (SSSR count). The molecule has 0 saturated carbocycles. The minimum absolute atomic E-state index is 0. The number of carboxylic acids is 2. The molecule has 5 unspecified atom stereocenters. The maximum Gasteiger partial charge on any atom is 0.321 e. The van der Waals surface area contributed by atoms with Crippen molar-refractivity contribution in [2.75, 3.05) is 51.2 Å². The van der Waals surface area contributed by atoms with Crippen molar-refractivity contribution in [3.8, 4) is 0 Å². The summed E-state index contributed by atoms with van der Waals surface area (Å²) in [5, 5.41) is 26.8. The molecule has 2 amide bonds. The summed E-state index contributed by atoms with van der Waals surface area (Å²) in [6.45, 7) is 1.41. The van der Waals surface area contributed by atoms with Crippen LogP contribution in [0.4, 0.5) is 0 Å². The van der Waals surface area contributed by atoms with Gasteiger partial charge in [0.25, 0.3) is 0 Å². The zero-order valence-electron chi connectivity index (χ0n) is 18.6. The van der Waals surface area contributed by atoms with Gasteiger partial charge in [-0.15, -0.1) is 23.5 Å². The van der Waals surface area contributed by atoms with Gasteiger partial charge in [0.05, 0.1) is 19.4 Å². The Bertz CT molecular complexity index is 905. The molecule has 2 spiro atoms. The van der Waals surface area contributed by atoms with E-state index in [0.29, 0.717) is 37.1 Å². The number of carboxylic acid groups (broad SMARTS) is 2. The van der Waals surface area contributed by atoms with E-state index < -0.39 is 33.5 Å². The topological polar surface area (TPSA) is 158 Å². The van der Waals surface area contributed by atoms with E-state index in [-0.39, 0.29) is 31.3 Å². The van der Waals surface area contributed by atoms with Crippen LogP contribution in [0, 0.1) is 0 Å². The Labute approximate surface area is 216 Å². The highest BCUT2D eigenvalue weighted by Crippen LogP contribution is 2.58. The number of amides is 2. The van der Waals surface area contributed by atoms with E-state index >= 15 is 0 Å². The lowest BCUT2D eigenvalue weighted by molar-refractivity contribution is -0.174. The molecule has 6 aliphatic heterocycles. The molecule has 6 aliphatic rings. The van der Waals surface area contributed by atoms with E-state index in [1.165, 1.54) is 11.8 Å². The van der Waals surface area contributed by atoms with Gasteiger partial charge in [-0.05, 0) is 14.1 Å². The number of hydrogen-bond donors (Lipinski definition) is 5. The second-order valence-corrected chi connectivity index (χ2v) is 12.5. The zero-order valence-corrected chi connectivity index (χ0v) is 21.0. The number of aliphatic carboxylic acids is 2. The Balaban J connectivity index is 0.000000160. The van der Waals surface area contributed by atoms with Gasteiger partial charge in [0.2, 0.25) is 16.9 Å². The number of nitrogens with one attached hydrogen (secondary N) is 3. The molecule has 6 heterocycles. The van der Waals surface area contributed by atoms with Crippen LogP contribution < -0.4 is 16.0 Å². The van der Waals surface area contributed by atoms with E-state index in [9.17, 15) is 19.2 Å². The van der Waals surface area contributed by atoms with E-state index in [1.54, 1.807) is 47.4 Å². The second kappa shape index (κ2) is 9.55. The summed E-state index contributed by atoms with van der Waals surface area (Å²) in [7, 11) is 3.57. The maximum atomic E-state index is 12.1. The third-order valence-electron chi connectivity index (χ3n) is 6.93. The van der Waals surface area contributed by atoms with E-state index in [2.05, 4.69) is 16.0 Å². The molecule has 5 N–H and O–H groups in total. The van der Waals surface area contributed by atoms with Crippen LogP contribution in [0.3, 0.4) is 0 Å². The highest BCUT2D eigenvalue weighted by atomic mass is 32.2. The molecule has 0 aliphatic carbocycles. The Kier molecular flexibility index (Phi) is 7.31. The van der Waals surface area contributed by atoms with Gasteiger partial charge in [0, 0.05) is 23.8 Å². The van der Waals surface area contributed by atoms with Crippen LogP contribution >= 0.6 is 35.3 Å². The van der Waals surface area contributed by atoms with Crippen molar-refractivity contribution in [3.63, 3.8) is 0 Å². The fourth-order valence-corrected chi connectivity index (χ4v) is 10.1. The molecule has 0 aromatic heterocycles. The van der Waals surface area contributed by atoms with Gasteiger partial charge in [-0.25, -0.2) is 9.80 Å². The van der Waals surface area contributed by atoms with Crippen LogP contribution in [-0.4, -0.2) is 138 Å². The average molecular weight is 550 g/mol. The van der Waals surface area contributed by atoms with Crippen LogP contribution in [-0.2, 0) is 19.2 Å². The molecule has 0 aromatic carbocycles. The fourth-order valence-electron chi connectivity index (χ4n) is 5.04. The van der Waals surface area contributed by atoms with Crippen LogP contribution in [0.2, 0.25) is 0 Å². The molecule has 0 bridgehead atoms. The molecule has 0 aromatic rings. The SMILES string of the molecule is C.CNC1CSC23SCC(C(=O)O)N2CN3C1=O.CNCC1N[C@@]23SCC(C(=O)O)N2CN3C1=O. The fraction of sp³-hybridized carbons (Fsp3) is 0.789. The van der Waals surface area contributed by atoms with E-state index in [1.807, 2.05) is 9.80 Å². The summed E-state index contributed by atoms with van der Waals surface area (Å²) < 4.78 is -0.437. The molecule has 13 nitrogen and oxygen atoms in total. The number of rotatable bonds is 5. The van der Waals surface area contributed by atoms with Crippen molar-refractivity contribution in [2.45, 2.75) is 41.0 Å². The van der Waals surface area contributed by atoms with Crippen molar-refractivity contribution in [2.24, 2.45) is 0 Å². The summed E-state index contributed by atoms with van der Waals surface area (Å²) >= 11 is 4.71. The molecular formula is C19H31N7O6S3. The normalized spacial score (nSPS) is 39.3. The minimum atomic E-state index is -0.819. The largest absolute Gasteiger partial charge is 0.480 e. The van der Waals surface area contributed by atoms with Crippen molar-refractivity contribution < 1.29 is 29.4 Å². The third-order valence-corrected chi connectivity index (χ3v) is 11.7. The van der Waals surface area contributed by atoms with Gasteiger partial charge >= 0.3 is 11.9 Å². The van der Waals surface area contributed by atoms with Gasteiger partial charge < -0.3 is 20.8 Å². The Morgan fingerprint density at radius 3 is 2.20 bits per heavy atom. The quantitative estimate of drug-likeness (QED) is 0.255. The lowest BCUT2D eigenvalue weighted by Crippen LogP contribution is -2.76. The molecule has 6 atom stereocenters. The van der Waals surface area contributed by atoms with Gasteiger partial charge in [-0.3, -0.25) is 34.3 Å². The van der Waals surface area contributed by atoms with Crippen LogP contribution in [0.1, 0.15) is 7.43 Å². The van der Waals surface area contributed by atoms with E-state index in [0.717, 1.165) is 0 Å². The predicted octanol–water partition coefficient (Wildman–Crippen LogP) is -2.04. The van der Waals surface area contributed by atoms with Gasteiger partial charge in [-0.2, -0.15) is 0 Å². The molecular weight excluding hydrogens is 518 g/mol. The smallest absolute Gasteiger partial charge is 0.321 e. The molecule has 196 valence electrons. The standard InChI is InChI=1S/C9H14N4O3S.C9H13N3O3S2.CH4/c1-10-2-5-7(14)13-4-12-6(8(15)16)3-17-9(12,13)11-5;1-10-5-2-16-9-11(4-12(9)7(5)13)6(3-17-9)8(14)15;/h5-6,10-11H,2-4H2,1H3,(H,15,16);5-6,10H,2-4H2,1H3,(H,14,15);1H4/t5?,6?,9-;;/m1../s1. The molecule has 0 radical (unpaired) electrons. The summed E-state index contributed by atoms with van der Waals surface area (Å²) in [5.41, 5.74) is 0. The number of carbonyl (C=O) groups excluding carboxylic acids is 2. The van der Waals surface area contributed by atoms with Crippen LogP contribution in [0.25, 0.3) is 0 Å². The highest BCUT2D eigenvalue weighted by Gasteiger charge is 2.68. The summed E-state index contributed by atoms with van der Waals surface area (Å²) in [4.78, 5) is 53.5. The Hall–Kier alpha value is -1.27. The predicted molar refractivity (Wildman–Crippen MR) is 133 cm³/mol. The van der Waals surface area contributed by atoms with Crippen molar-refractivity contribution >= 4 is 59.0 Å². The van der Waals surface area contributed by atoms with Gasteiger partial charge in [0.1, 0.15) is 18.1 Å². The van der Waals surface area contributed by atoms with Crippen molar-refractivity contribution in [3.05, 3.63) is 0 Å². The Morgan fingerprint density at radius 2 is 1.57 bits per heavy atom. The Morgan fingerprint density at radius 1 is 0.971 bits per heavy atom. The second-order valence-electron chi connectivity index (χ2n) is 8.65. The highest BCUT2D eigenvalue weighted by molar-refractivity contribution is 8.18. The lowest BCUT2D eigenvalue weighted by Gasteiger charge is -2.59. The number of nitrogens with zero attached hydrogens (tertiary/aromatic N) is 4. The monoisotopic (exact) mass is 549 g/mol. The number of likely N-dealkylation sites (N-methyl/N-ethyl adjacent to an activating group) is 2. The molecule has 6 fully saturated rings. The van der Waals surface area contributed by atoms with Gasteiger partial charge in [0.15, 0.2) is 4.33 Å². The first-order valence-corrected chi connectivity index (χ1v) is 13.8. The number of carbonyl (C=O) groups is 4. The zero-order chi connectivity index (χ0) is 24.4.